The molecule has 42 heavy (non-hydrogen) atoms. The second-order valence-electron chi connectivity index (χ2n) is 9.94. The van der Waals surface area contributed by atoms with Gasteiger partial charge in [-0.3, -0.25) is 19.5 Å². The number of hydrogen-bond donors (Lipinski definition) is 0. The Morgan fingerprint density at radius 1 is 1.12 bits per heavy atom. The van der Waals surface area contributed by atoms with Gasteiger partial charge in [0.15, 0.2) is 10.6 Å². The number of rotatable bonds is 8. The van der Waals surface area contributed by atoms with Gasteiger partial charge in [-0.25, -0.2) is 9.79 Å². The zero-order valence-corrected chi connectivity index (χ0v) is 24.4. The summed E-state index contributed by atoms with van der Waals surface area (Å²) in [6, 6.07) is 20.9. The maximum absolute atomic E-state index is 14.0. The number of esters is 1. The first-order valence-corrected chi connectivity index (χ1v) is 14.3. The molecule has 0 amide bonds. The van der Waals surface area contributed by atoms with E-state index < -0.39 is 16.9 Å². The quantitative estimate of drug-likeness (QED) is 0.164. The molecule has 0 aliphatic carbocycles. The number of aromatic nitrogens is 1. The summed E-state index contributed by atoms with van der Waals surface area (Å²) in [4.78, 5) is 43.9. The number of nitro groups is 1. The molecular formula is C32H29N3O6S. The number of hydrogen-bond acceptors (Lipinski definition) is 8. The van der Waals surface area contributed by atoms with Crippen molar-refractivity contribution in [1.29, 1.82) is 0 Å². The number of carbonyl (C=O) groups is 1. The van der Waals surface area contributed by atoms with Gasteiger partial charge in [-0.1, -0.05) is 85.8 Å². The Kier molecular flexibility index (Phi) is 8.17. The number of fused-ring (bicyclic) bond motifs is 1. The minimum atomic E-state index is -0.802. The van der Waals surface area contributed by atoms with E-state index in [1.54, 1.807) is 19.1 Å². The summed E-state index contributed by atoms with van der Waals surface area (Å²) in [5.41, 5.74) is 3.14. The van der Waals surface area contributed by atoms with Crippen molar-refractivity contribution in [2.24, 2.45) is 4.99 Å². The summed E-state index contributed by atoms with van der Waals surface area (Å²) in [6.45, 7) is 6.08. The molecule has 5 rings (SSSR count). The summed E-state index contributed by atoms with van der Waals surface area (Å²) in [7, 11) is 1.36. The molecular weight excluding hydrogens is 554 g/mol. The van der Waals surface area contributed by atoms with Crippen molar-refractivity contribution in [3.63, 3.8) is 0 Å². The Labute approximate surface area is 245 Å². The van der Waals surface area contributed by atoms with Crippen LogP contribution >= 0.6 is 11.3 Å². The molecule has 0 saturated carbocycles. The second-order valence-corrected chi connectivity index (χ2v) is 11.0. The molecule has 4 aromatic rings. The smallest absolute Gasteiger partial charge is 0.338 e. The normalized spacial score (nSPS) is 14.9. The minimum absolute atomic E-state index is 0.120. The highest BCUT2D eigenvalue weighted by atomic mass is 32.1. The van der Waals surface area contributed by atoms with E-state index in [1.165, 1.54) is 23.8 Å². The lowest BCUT2D eigenvalue weighted by molar-refractivity contribution is -0.385. The van der Waals surface area contributed by atoms with E-state index in [4.69, 9.17) is 14.5 Å². The van der Waals surface area contributed by atoms with Crippen molar-refractivity contribution in [3.8, 4) is 5.75 Å². The Balaban J connectivity index is 1.79. The first-order chi connectivity index (χ1) is 20.2. The van der Waals surface area contributed by atoms with Gasteiger partial charge in [-0.2, -0.15) is 0 Å². The average molecular weight is 584 g/mol. The van der Waals surface area contributed by atoms with Gasteiger partial charge in [0.05, 0.1) is 40.5 Å². The van der Waals surface area contributed by atoms with Crippen LogP contribution in [-0.4, -0.2) is 29.2 Å². The number of thiazole rings is 1. The summed E-state index contributed by atoms with van der Waals surface area (Å²) < 4.78 is 12.4. The number of nitro benzene ring substituents is 1. The lowest BCUT2D eigenvalue weighted by Gasteiger charge is -2.26. The molecule has 3 aromatic carbocycles. The van der Waals surface area contributed by atoms with Gasteiger partial charge in [-0.05, 0) is 41.7 Å². The van der Waals surface area contributed by atoms with Gasteiger partial charge in [0, 0.05) is 11.6 Å². The zero-order valence-electron chi connectivity index (χ0n) is 23.6. The van der Waals surface area contributed by atoms with Gasteiger partial charge in [0.2, 0.25) is 0 Å². The van der Waals surface area contributed by atoms with Gasteiger partial charge in [0.25, 0.3) is 5.56 Å². The maximum atomic E-state index is 14.0. The first-order valence-electron chi connectivity index (χ1n) is 13.4. The van der Waals surface area contributed by atoms with Crippen molar-refractivity contribution in [3.05, 3.63) is 130 Å². The fourth-order valence-electron chi connectivity index (χ4n) is 4.91. The van der Waals surface area contributed by atoms with Crippen molar-refractivity contribution < 1.29 is 19.2 Å². The monoisotopic (exact) mass is 583 g/mol. The minimum Gasteiger partial charge on any atom is -0.490 e. The molecule has 10 heteroatoms. The van der Waals surface area contributed by atoms with E-state index in [1.807, 2.05) is 54.6 Å². The topological polar surface area (TPSA) is 113 Å². The highest BCUT2D eigenvalue weighted by Crippen LogP contribution is 2.35. The molecule has 0 fully saturated rings. The summed E-state index contributed by atoms with van der Waals surface area (Å²) >= 11 is 1.15. The van der Waals surface area contributed by atoms with Crippen molar-refractivity contribution in [1.82, 2.24) is 4.57 Å². The third kappa shape index (κ3) is 5.40. The molecule has 214 valence electrons. The maximum Gasteiger partial charge on any atom is 0.338 e. The molecule has 1 aromatic heterocycles. The summed E-state index contributed by atoms with van der Waals surface area (Å²) in [6.07, 6.45) is 1.59. The van der Waals surface area contributed by atoms with Crippen LogP contribution in [0, 0.1) is 10.1 Å². The molecule has 9 nitrogen and oxygen atoms in total. The lowest BCUT2D eigenvalue weighted by Crippen LogP contribution is -2.40. The van der Waals surface area contributed by atoms with Crippen LogP contribution < -0.4 is 19.6 Å². The third-order valence-electron chi connectivity index (χ3n) is 6.99. The molecule has 0 unspecified atom stereocenters. The van der Waals surface area contributed by atoms with Crippen LogP contribution in [-0.2, 0) is 9.53 Å². The lowest BCUT2D eigenvalue weighted by atomic mass is 9.91. The van der Waals surface area contributed by atoms with Crippen molar-refractivity contribution in [2.45, 2.75) is 32.7 Å². The largest absolute Gasteiger partial charge is 0.490 e. The van der Waals surface area contributed by atoms with Gasteiger partial charge in [-0.15, -0.1) is 0 Å². The van der Waals surface area contributed by atoms with E-state index in [9.17, 15) is 19.7 Å². The molecule has 0 N–H and O–H groups in total. The van der Waals surface area contributed by atoms with Crippen LogP contribution in [0.4, 0.5) is 5.69 Å². The molecule has 2 heterocycles. The number of ether oxygens (including phenoxy) is 2. The summed E-state index contributed by atoms with van der Waals surface area (Å²) in [5.74, 6) is -0.136. The molecule has 1 aliphatic rings. The van der Waals surface area contributed by atoms with E-state index >= 15 is 0 Å². The molecule has 1 aliphatic heterocycles. The first kappa shape index (κ1) is 28.7. The van der Waals surface area contributed by atoms with Crippen LogP contribution in [0.2, 0.25) is 0 Å². The van der Waals surface area contributed by atoms with Crippen LogP contribution in [0.5, 0.6) is 5.75 Å². The van der Waals surface area contributed by atoms with Crippen molar-refractivity contribution >= 4 is 34.8 Å². The number of benzene rings is 3. The highest BCUT2D eigenvalue weighted by Gasteiger charge is 2.35. The van der Waals surface area contributed by atoms with Crippen LogP contribution in [0.25, 0.3) is 11.8 Å². The Bertz CT molecular complexity index is 1870. The van der Waals surface area contributed by atoms with Gasteiger partial charge >= 0.3 is 11.7 Å². The van der Waals surface area contributed by atoms with Gasteiger partial charge < -0.3 is 9.47 Å². The standard InChI is InChI=1S/C32H29N3O6S/c1-5-41-31(37)27-28(22-9-7-6-8-10-22)33-32-34(29(27)23-14-12-21(13-15-23)19(2)3)30(36)26(42-32)18-20-11-16-25(40-4)24(17-20)35(38)39/h6-19,29H,5H2,1-4H3/b26-18-/t29-/m0/s1. The van der Waals surface area contributed by atoms with Crippen LogP contribution in [0.3, 0.4) is 0 Å². The van der Waals surface area contributed by atoms with Crippen molar-refractivity contribution in [2.75, 3.05) is 13.7 Å². The zero-order chi connectivity index (χ0) is 30.0. The SMILES string of the molecule is CCOC(=O)C1=C(c2ccccc2)N=c2s/c(=C\c3ccc(OC)c([N+](=O)[O-])c3)c(=O)n2[C@H]1c1ccc(C(C)C)cc1. The number of nitrogens with zero attached hydrogens (tertiary/aromatic N) is 3. The Morgan fingerprint density at radius 3 is 2.45 bits per heavy atom. The number of carbonyl (C=O) groups excluding carboxylic acids is 1. The van der Waals surface area contributed by atoms with E-state index in [0.717, 1.165) is 22.5 Å². The highest BCUT2D eigenvalue weighted by molar-refractivity contribution is 7.07. The van der Waals surface area contributed by atoms with E-state index in [2.05, 4.69) is 13.8 Å². The van der Waals surface area contributed by atoms with E-state index in [-0.39, 0.29) is 29.2 Å². The predicted octanol–water partition coefficient (Wildman–Crippen LogP) is 4.98. The van der Waals surface area contributed by atoms with Crippen LogP contribution in [0.15, 0.2) is 88.2 Å². The molecule has 1 atom stereocenters. The fraction of sp³-hybridized carbons (Fsp3) is 0.219. The third-order valence-corrected chi connectivity index (χ3v) is 7.97. The molecule has 0 radical (unpaired) electrons. The number of methoxy groups -OCH3 is 1. The second kappa shape index (κ2) is 12.0. The Hall–Kier alpha value is -4.83. The van der Waals surface area contributed by atoms with E-state index in [0.29, 0.717) is 32.1 Å². The summed E-state index contributed by atoms with van der Waals surface area (Å²) in [5, 5.41) is 11.6. The van der Waals surface area contributed by atoms with Crippen LogP contribution in [0.1, 0.15) is 55.0 Å². The molecule has 0 spiro atoms. The fourth-order valence-corrected chi connectivity index (χ4v) is 5.91. The van der Waals surface area contributed by atoms with Gasteiger partial charge in [0.1, 0.15) is 0 Å². The Morgan fingerprint density at radius 2 is 1.83 bits per heavy atom. The predicted molar refractivity (Wildman–Crippen MR) is 161 cm³/mol. The average Bonchev–Trinajstić information content (AvgIpc) is 3.30. The molecule has 0 saturated heterocycles. The molecule has 0 bridgehead atoms.